The van der Waals surface area contributed by atoms with E-state index >= 15 is 0 Å². The van der Waals surface area contributed by atoms with Crippen molar-refractivity contribution in [3.05, 3.63) is 29.8 Å². The van der Waals surface area contributed by atoms with Gasteiger partial charge in [-0.2, -0.15) is 0 Å². The summed E-state index contributed by atoms with van der Waals surface area (Å²) in [5.74, 6) is 1.15. The Hall–Kier alpha value is -1.79. The first-order chi connectivity index (χ1) is 12.6. The van der Waals surface area contributed by atoms with Crippen LogP contribution < -0.4 is 10.5 Å². The summed E-state index contributed by atoms with van der Waals surface area (Å²) in [6.45, 7) is 2.45. The summed E-state index contributed by atoms with van der Waals surface area (Å²) >= 11 is 0. The van der Waals surface area contributed by atoms with Crippen LogP contribution in [0, 0.1) is 5.92 Å². The molecule has 1 aliphatic heterocycles. The number of hydrogen-bond donors (Lipinski definition) is 1. The van der Waals surface area contributed by atoms with Crippen LogP contribution in [0.3, 0.4) is 0 Å². The normalized spacial score (nSPS) is 22.7. The van der Waals surface area contributed by atoms with E-state index in [4.69, 9.17) is 10.5 Å². The van der Waals surface area contributed by atoms with Gasteiger partial charge in [0.25, 0.3) is 0 Å². The van der Waals surface area contributed by atoms with E-state index in [0.717, 1.165) is 37.0 Å². The Morgan fingerprint density at radius 1 is 1.15 bits per heavy atom. The fraction of sp³-hybridized carbons (Fsp3) is 0.600. The third-order valence-corrected chi connectivity index (χ3v) is 5.50. The fourth-order valence-corrected chi connectivity index (χ4v) is 3.96. The highest BCUT2D eigenvalue weighted by Crippen LogP contribution is 2.25. The van der Waals surface area contributed by atoms with Crippen molar-refractivity contribution in [2.24, 2.45) is 11.7 Å². The molecule has 1 aromatic rings. The molecule has 7 heteroatoms. The maximum Gasteiger partial charge on any atom is 0.227 e. The van der Waals surface area contributed by atoms with Crippen LogP contribution in [0.25, 0.3) is 0 Å². The first-order valence-electron chi connectivity index (χ1n) is 9.52. The van der Waals surface area contributed by atoms with Gasteiger partial charge in [-0.25, -0.2) is 0 Å². The summed E-state index contributed by atoms with van der Waals surface area (Å²) in [4.78, 5) is 29.0. The third-order valence-electron chi connectivity index (χ3n) is 5.50. The summed E-state index contributed by atoms with van der Waals surface area (Å²) < 4.78 is 5.21. The van der Waals surface area contributed by atoms with Gasteiger partial charge in [0.1, 0.15) is 5.75 Å². The number of methoxy groups -OCH3 is 1. The first kappa shape index (κ1) is 21.5. The molecule has 0 radical (unpaired) electrons. The summed E-state index contributed by atoms with van der Waals surface area (Å²) in [6, 6.07) is 7.75. The second-order valence-corrected chi connectivity index (χ2v) is 7.36. The SMILES string of the molecule is COc1cccc(CC(=O)N2CCN(C(=O)C3CCCC(N)C3)CC2)c1.Cl. The van der Waals surface area contributed by atoms with Crippen LogP contribution in [0.15, 0.2) is 24.3 Å². The van der Waals surface area contributed by atoms with Crippen molar-refractivity contribution in [3.63, 3.8) is 0 Å². The molecule has 1 saturated heterocycles. The Morgan fingerprint density at radius 2 is 1.85 bits per heavy atom. The Kier molecular flexibility index (Phi) is 7.92. The molecule has 3 rings (SSSR count). The molecule has 1 aliphatic carbocycles. The predicted molar refractivity (Wildman–Crippen MR) is 107 cm³/mol. The van der Waals surface area contributed by atoms with E-state index in [2.05, 4.69) is 0 Å². The Morgan fingerprint density at radius 3 is 2.52 bits per heavy atom. The van der Waals surface area contributed by atoms with Crippen LogP contribution in [0.2, 0.25) is 0 Å². The van der Waals surface area contributed by atoms with Crippen molar-refractivity contribution in [2.45, 2.75) is 38.1 Å². The Labute approximate surface area is 167 Å². The summed E-state index contributed by atoms with van der Waals surface area (Å²) in [7, 11) is 1.62. The van der Waals surface area contributed by atoms with Crippen molar-refractivity contribution >= 4 is 24.2 Å². The number of hydrogen-bond acceptors (Lipinski definition) is 4. The smallest absolute Gasteiger partial charge is 0.227 e. The highest BCUT2D eigenvalue weighted by atomic mass is 35.5. The lowest BCUT2D eigenvalue weighted by atomic mass is 9.85. The van der Waals surface area contributed by atoms with Crippen LogP contribution in [0.4, 0.5) is 0 Å². The van der Waals surface area contributed by atoms with Gasteiger partial charge >= 0.3 is 0 Å². The molecule has 2 fully saturated rings. The number of piperazine rings is 1. The lowest BCUT2D eigenvalue weighted by molar-refractivity contribution is -0.142. The van der Waals surface area contributed by atoms with E-state index in [0.29, 0.717) is 32.6 Å². The molecule has 1 aromatic carbocycles. The van der Waals surface area contributed by atoms with Gasteiger partial charge in [0.05, 0.1) is 13.5 Å². The van der Waals surface area contributed by atoms with E-state index in [1.54, 1.807) is 7.11 Å². The van der Waals surface area contributed by atoms with Crippen LogP contribution in [0.1, 0.15) is 31.2 Å². The molecule has 2 aliphatic rings. The Balaban J connectivity index is 0.00000261. The van der Waals surface area contributed by atoms with E-state index in [-0.39, 0.29) is 36.2 Å². The highest BCUT2D eigenvalue weighted by molar-refractivity contribution is 5.85. The maximum absolute atomic E-state index is 12.7. The monoisotopic (exact) mass is 395 g/mol. The van der Waals surface area contributed by atoms with Crippen LogP contribution >= 0.6 is 12.4 Å². The molecule has 0 spiro atoms. The van der Waals surface area contributed by atoms with Crippen LogP contribution in [0.5, 0.6) is 5.75 Å². The zero-order valence-electron chi connectivity index (χ0n) is 15.9. The molecule has 0 aromatic heterocycles. The molecule has 2 amide bonds. The molecular weight excluding hydrogens is 366 g/mol. The quantitative estimate of drug-likeness (QED) is 0.844. The molecular formula is C20H30ClN3O3. The van der Waals surface area contributed by atoms with Gasteiger partial charge < -0.3 is 20.3 Å². The van der Waals surface area contributed by atoms with Crippen molar-refractivity contribution in [3.8, 4) is 5.75 Å². The number of halogens is 1. The molecule has 27 heavy (non-hydrogen) atoms. The molecule has 1 saturated carbocycles. The average Bonchev–Trinajstić information content (AvgIpc) is 2.67. The first-order valence-corrected chi connectivity index (χ1v) is 9.52. The number of ether oxygens (including phenoxy) is 1. The lowest BCUT2D eigenvalue weighted by Crippen LogP contribution is -2.53. The van der Waals surface area contributed by atoms with Gasteiger partial charge in [0.2, 0.25) is 11.8 Å². The number of nitrogens with two attached hydrogens (primary N) is 1. The van der Waals surface area contributed by atoms with E-state index in [1.807, 2.05) is 34.1 Å². The van der Waals surface area contributed by atoms with Gasteiger partial charge in [-0.15, -0.1) is 12.4 Å². The number of rotatable bonds is 4. The number of nitrogens with zero attached hydrogens (tertiary/aromatic N) is 2. The highest BCUT2D eigenvalue weighted by Gasteiger charge is 2.31. The van der Waals surface area contributed by atoms with Gasteiger partial charge in [-0.05, 0) is 37.0 Å². The zero-order chi connectivity index (χ0) is 18.5. The average molecular weight is 396 g/mol. The van der Waals surface area contributed by atoms with Crippen molar-refractivity contribution in [1.29, 1.82) is 0 Å². The van der Waals surface area contributed by atoms with Crippen molar-refractivity contribution in [1.82, 2.24) is 9.80 Å². The fourth-order valence-electron chi connectivity index (χ4n) is 3.96. The zero-order valence-corrected chi connectivity index (χ0v) is 16.7. The van der Waals surface area contributed by atoms with E-state index in [1.165, 1.54) is 0 Å². The minimum Gasteiger partial charge on any atom is -0.497 e. The van der Waals surface area contributed by atoms with E-state index in [9.17, 15) is 9.59 Å². The molecule has 2 N–H and O–H groups in total. The minimum absolute atomic E-state index is 0. The molecule has 2 unspecified atom stereocenters. The van der Waals surface area contributed by atoms with Crippen LogP contribution in [-0.2, 0) is 16.0 Å². The molecule has 1 heterocycles. The summed E-state index contributed by atoms with van der Waals surface area (Å²) in [5, 5.41) is 0. The van der Waals surface area contributed by atoms with Gasteiger partial charge in [0, 0.05) is 38.1 Å². The van der Waals surface area contributed by atoms with E-state index < -0.39 is 0 Å². The second kappa shape index (κ2) is 9.95. The molecule has 6 nitrogen and oxygen atoms in total. The minimum atomic E-state index is 0. The molecule has 0 bridgehead atoms. The van der Waals surface area contributed by atoms with Crippen LogP contribution in [-0.4, -0.2) is 60.9 Å². The maximum atomic E-state index is 12.7. The summed E-state index contributed by atoms with van der Waals surface area (Å²) in [6.07, 6.45) is 4.17. The van der Waals surface area contributed by atoms with Crippen molar-refractivity contribution < 1.29 is 14.3 Å². The number of benzene rings is 1. The number of carbonyl (C=O) groups excluding carboxylic acids is 2. The van der Waals surface area contributed by atoms with Gasteiger partial charge in [-0.1, -0.05) is 18.6 Å². The summed E-state index contributed by atoms with van der Waals surface area (Å²) in [5.41, 5.74) is 6.96. The number of amides is 2. The van der Waals surface area contributed by atoms with Crippen molar-refractivity contribution in [2.75, 3.05) is 33.3 Å². The molecule has 150 valence electrons. The number of carbonyl (C=O) groups is 2. The second-order valence-electron chi connectivity index (χ2n) is 7.36. The molecule has 2 atom stereocenters. The van der Waals surface area contributed by atoms with Gasteiger partial charge in [0.15, 0.2) is 0 Å². The van der Waals surface area contributed by atoms with Gasteiger partial charge in [-0.3, -0.25) is 9.59 Å². The Bertz CT molecular complexity index is 647. The topological polar surface area (TPSA) is 75.9 Å². The third kappa shape index (κ3) is 5.59. The standard InChI is InChI=1S/C20H29N3O3.ClH/c1-26-18-7-2-4-15(12-18)13-19(24)22-8-10-23(11-9-22)20(25)16-5-3-6-17(21)14-16;/h2,4,7,12,16-17H,3,5-6,8-11,13-14,21H2,1H3;1H. The predicted octanol–water partition coefficient (Wildman–Crippen LogP) is 1.85. The lowest BCUT2D eigenvalue weighted by Gasteiger charge is -2.37. The largest absolute Gasteiger partial charge is 0.497 e.